The Labute approximate surface area is 110 Å². The number of nitrogens with zero attached hydrogens (tertiary/aromatic N) is 1. The summed E-state index contributed by atoms with van der Waals surface area (Å²) in [5.74, 6) is 0.746. The molecular formula is C14H21ClN2. The van der Waals surface area contributed by atoms with Gasteiger partial charge in [0.25, 0.3) is 0 Å². The van der Waals surface area contributed by atoms with E-state index in [-0.39, 0.29) is 12.4 Å². The van der Waals surface area contributed by atoms with E-state index >= 15 is 0 Å². The monoisotopic (exact) mass is 252 g/mol. The molecule has 3 heteroatoms. The van der Waals surface area contributed by atoms with E-state index < -0.39 is 0 Å². The van der Waals surface area contributed by atoms with Crippen molar-refractivity contribution in [3.05, 3.63) is 35.9 Å². The Hall–Kier alpha value is -0.570. The zero-order chi connectivity index (χ0) is 11.0. The molecule has 1 saturated heterocycles. The van der Waals surface area contributed by atoms with Gasteiger partial charge in [-0.3, -0.25) is 4.90 Å². The lowest BCUT2D eigenvalue weighted by atomic mass is 9.93. The summed E-state index contributed by atoms with van der Waals surface area (Å²) in [6, 6.07) is 10.8. The van der Waals surface area contributed by atoms with Crippen LogP contribution in [-0.2, 0) is 6.54 Å². The molecule has 1 saturated carbocycles. The van der Waals surface area contributed by atoms with Crippen molar-refractivity contribution in [1.29, 1.82) is 0 Å². The Balaban J connectivity index is 0.00000108. The predicted octanol–water partition coefficient (Wildman–Crippen LogP) is 2.28. The van der Waals surface area contributed by atoms with E-state index in [1.54, 1.807) is 0 Å². The molecule has 94 valence electrons. The van der Waals surface area contributed by atoms with Gasteiger partial charge < -0.3 is 5.73 Å². The molecule has 3 rings (SSSR count). The standard InChI is InChI=1S/C14H20N2.ClH/c15-8-13-10-16(11-14(13)6-7-14)9-12-4-2-1-3-5-12;/h1-5,13H,6-11,15H2;1H. The molecule has 17 heavy (non-hydrogen) atoms. The number of rotatable bonds is 3. The first-order chi connectivity index (χ1) is 7.82. The second-order valence-electron chi connectivity index (χ2n) is 5.45. The summed E-state index contributed by atoms with van der Waals surface area (Å²) in [6.07, 6.45) is 2.81. The number of halogens is 1. The van der Waals surface area contributed by atoms with Gasteiger partial charge in [-0.15, -0.1) is 12.4 Å². The minimum atomic E-state index is 0. The smallest absolute Gasteiger partial charge is 0.0234 e. The van der Waals surface area contributed by atoms with Crippen molar-refractivity contribution in [3.63, 3.8) is 0 Å². The van der Waals surface area contributed by atoms with E-state index in [2.05, 4.69) is 35.2 Å². The molecule has 2 N–H and O–H groups in total. The van der Waals surface area contributed by atoms with E-state index in [4.69, 9.17) is 5.73 Å². The molecule has 1 spiro atoms. The summed E-state index contributed by atoms with van der Waals surface area (Å²) in [5, 5.41) is 0. The molecule has 1 aliphatic heterocycles. The summed E-state index contributed by atoms with van der Waals surface area (Å²) in [4.78, 5) is 2.58. The van der Waals surface area contributed by atoms with Crippen molar-refractivity contribution in [2.45, 2.75) is 19.4 Å². The molecule has 1 aromatic carbocycles. The lowest BCUT2D eigenvalue weighted by Crippen LogP contribution is -2.23. The van der Waals surface area contributed by atoms with Crippen molar-refractivity contribution in [3.8, 4) is 0 Å². The van der Waals surface area contributed by atoms with Crippen molar-refractivity contribution in [2.75, 3.05) is 19.6 Å². The molecule has 0 bridgehead atoms. The third kappa shape index (κ3) is 2.49. The SMILES string of the molecule is Cl.NCC1CN(Cc2ccccc2)CC12CC2. The van der Waals surface area contributed by atoms with Crippen LogP contribution in [0.5, 0.6) is 0 Å². The van der Waals surface area contributed by atoms with Gasteiger partial charge in [-0.2, -0.15) is 0 Å². The van der Waals surface area contributed by atoms with E-state index in [0.29, 0.717) is 5.41 Å². The van der Waals surface area contributed by atoms with Gasteiger partial charge >= 0.3 is 0 Å². The van der Waals surface area contributed by atoms with Crippen molar-refractivity contribution in [2.24, 2.45) is 17.1 Å². The van der Waals surface area contributed by atoms with Crippen LogP contribution in [0.3, 0.4) is 0 Å². The Morgan fingerprint density at radius 2 is 1.94 bits per heavy atom. The largest absolute Gasteiger partial charge is 0.330 e. The topological polar surface area (TPSA) is 29.3 Å². The molecule has 1 atom stereocenters. The minimum Gasteiger partial charge on any atom is -0.330 e. The van der Waals surface area contributed by atoms with E-state index in [0.717, 1.165) is 19.0 Å². The first-order valence-electron chi connectivity index (χ1n) is 6.29. The second-order valence-corrected chi connectivity index (χ2v) is 5.45. The highest BCUT2D eigenvalue weighted by Crippen LogP contribution is 2.56. The quantitative estimate of drug-likeness (QED) is 0.894. The van der Waals surface area contributed by atoms with Gasteiger partial charge in [-0.1, -0.05) is 30.3 Å². The lowest BCUT2D eigenvalue weighted by molar-refractivity contribution is 0.311. The molecule has 0 radical (unpaired) electrons. The highest BCUT2D eigenvalue weighted by Gasteiger charge is 2.53. The maximum absolute atomic E-state index is 5.88. The highest BCUT2D eigenvalue weighted by molar-refractivity contribution is 5.85. The molecule has 1 aliphatic carbocycles. The lowest BCUT2D eigenvalue weighted by Gasteiger charge is -2.15. The van der Waals surface area contributed by atoms with Gasteiger partial charge in [0.1, 0.15) is 0 Å². The maximum atomic E-state index is 5.88. The average Bonchev–Trinajstić information content (AvgIpc) is 2.98. The van der Waals surface area contributed by atoms with Gasteiger partial charge in [0.15, 0.2) is 0 Å². The molecule has 2 nitrogen and oxygen atoms in total. The van der Waals surface area contributed by atoms with Crippen LogP contribution in [0.2, 0.25) is 0 Å². The molecule has 1 aromatic rings. The highest BCUT2D eigenvalue weighted by atomic mass is 35.5. The number of hydrogen-bond acceptors (Lipinski definition) is 2. The van der Waals surface area contributed by atoms with Crippen LogP contribution in [0.15, 0.2) is 30.3 Å². The Bertz CT molecular complexity index is 362. The summed E-state index contributed by atoms with van der Waals surface area (Å²) in [5.41, 5.74) is 7.92. The Kier molecular flexibility index (Phi) is 3.76. The normalized spacial score (nSPS) is 25.8. The van der Waals surface area contributed by atoms with Crippen LogP contribution in [0.4, 0.5) is 0 Å². The summed E-state index contributed by atoms with van der Waals surface area (Å²) < 4.78 is 0. The van der Waals surface area contributed by atoms with Gasteiger partial charge in [0, 0.05) is 19.6 Å². The van der Waals surface area contributed by atoms with Gasteiger partial charge in [-0.25, -0.2) is 0 Å². The Morgan fingerprint density at radius 3 is 2.47 bits per heavy atom. The third-order valence-electron chi connectivity index (χ3n) is 4.31. The van der Waals surface area contributed by atoms with Crippen LogP contribution >= 0.6 is 12.4 Å². The zero-order valence-electron chi connectivity index (χ0n) is 10.1. The van der Waals surface area contributed by atoms with Crippen molar-refractivity contribution < 1.29 is 0 Å². The van der Waals surface area contributed by atoms with E-state index in [1.165, 1.54) is 31.5 Å². The summed E-state index contributed by atoms with van der Waals surface area (Å²) >= 11 is 0. The molecular weight excluding hydrogens is 232 g/mol. The van der Waals surface area contributed by atoms with E-state index in [1.807, 2.05) is 0 Å². The van der Waals surface area contributed by atoms with Crippen LogP contribution in [0, 0.1) is 11.3 Å². The molecule has 2 aliphatic rings. The third-order valence-corrected chi connectivity index (χ3v) is 4.31. The van der Waals surface area contributed by atoms with Crippen LogP contribution < -0.4 is 5.73 Å². The fraction of sp³-hybridized carbons (Fsp3) is 0.571. The number of benzene rings is 1. The first kappa shape index (κ1) is 12.9. The van der Waals surface area contributed by atoms with Gasteiger partial charge in [0.05, 0.1) is 0 Å². The number of hydrogen-bond donors (Lipinski definition) is 1. The van der Waals surface area contributed by atoms with Gasteiger partial charge in [-0.05, 0) is 36.3 Å². The summed E-state index contributed by atoms with van der Waals surface area (Å²) in [7, 11) is 0. The molecule has 1 heterocycles. The minimum absolute atomic E-state index is 0. The molecule has 0 aromatic heterocycles. The van der Waals surface area contributed by atoms with Crippen molar-refractivity contribution >= 4 is 12.4 Å². The fourth-order valence-electron chi connectivity index (χ4n) is 3.16. The fourth-order valence-corrected chi connectivity index (χ4v) is 3.16. The number of nitrogens with two attached hydrogens (primary N) is 1. The maximum Gasteiger partial charge on any atom is 0.0234 e. The van der Waals surface area contributed by atoms with Crippen LogP contribution in [0.1, 0.15) is 18.4 Å². The Morgan fingerprint density at radius 1 is 1.24 bits per heavy atom. The summed E-state index contributed by atoms with van der Waals surface area (Å²) in [6.45, 7) is 4.43. The van der Waals surface area contributed by atoms with Crippen LogP contribution in [-0.4, -0.2) is 24.5 Å². The second kappa shape index (κ2) is 4.97. The average molecular weight is 253 g/mol. The molecule has 0 amide bonds. The zero-order valence-corrected chi connectivity index (χ0v) is 11.0. The molecule has 2 fully saturated rings. The van der Waals surface area contributed by atoms with Crippen molar-refractivity contribution in [1.82, 2.24) is 4.90 Å². The van der Waals surface area contributed by atoms with E-state index in [9.17, 15) is 0 Å². The number of likely N-dealkylation sites (tertiary alicyclic amines) is 1. The predicted molar refractivity (Wildman–Crippen MR) is 73.2 cm³/mol. The molecule has 1 unspecified atom stereocenters. The van der Waals surface area contributed by atoms with Gasteiger partial charge in [0.2, 0.25) is 0 Å². The first-order valence-corrected chi connectivity index (χ1v) is 6.29. The van der Waals surface area contributed by atoms with Crippen LogP contribution in [0.25, 0.3) is 0 Å².